The van der Waals surface area contributed by atoms with Crippen LogP contribution in [0, 0.1) is 0 Å². The van der Waals surface area contributed by atoms with Crippen molar-refractivity contribution < 1.29 is 4.79 Å². The molecule has 1 rings (SSSR count). The average molecular weight is 180 g/mol. The van der Waals surface area contributed by atoms with Gasteiger partial charge < -0.3 is 10.6 Å². The number of amides is 1. The fourth-order valence-corrected chi connectivity index (χ4v) is 1.11. The van der Waals surface area contributed by atoms with Gasteiger partial charge in [0.1, 0.15) is 0 Å². The van der Waals surface area contributed by atoms with Crippen LogP contribution in [0.25, 0.3) is 0 Å². The maximum absolute atomic E-state index is 11.4. The van der Waals surface area contributed by atoms with Crippen LogP contribution in [0.5, 0.6) is 0 Å². The largest absolute Gasteiger partial charge is 0.387 e. The summed E-state index contributed by atoms with van der Waals surface area (Å²) in [6, 6.07) is 0. The molecule has 72 valence electrons. The van der Waals surface area contributed by atoms with Crippen LogP contribution in [0.1, 0.15) is 19.8 Å². The van der Waals surface area contributed by atoms with Gasteiger partial charge in [0.15, 0.2) is 0 Å². The lowest BCUT2D eigenvalue weighted by Crippen LogP contribution is -2.30. The third-order valence-electron chi connectivity index (χ3n) is 1.91. The molecule has 13 heavy (non-hydrogen) atoms. The predicted octanol–water partition coefficient (Wildman–Crippen LogP) is 0.946. The smallest absolute Gasteiger partial charge is 0.249 e. The molecule has 0 bridgehead atoms. The van der Waals surface area contributed by atoms with Crippen molar-refractivity contribution in [3.8, 4) is 0 Å². The highest BCUT2D eigenvalue weighted by atomic mass is 16.1. The lowest BCUT2D eigenvalue weighted by Gasteiger charge is -2.10. The van der Waals surface area contributed by atoms with E-state index in [-0.39, 0.29) is 5.91 Å². The normalized spacial score (nSPS) is 14.7. The van der Waals surface area contributed by atoms with Gasteiger partial charge in [0.05, 0.1) is 0 Å². The second-order valence-corrected chi connectivity index (χ2v) is 3.04. The fraction of sp³-hybridized carbons (Fsp3) is 0.500. The Bertz CT molecular complexity index is 231. The van der Waals surface area contributed by atoms with Gasteiger partial charge in [0.25, 0.3) is 0 Å². The molecule has 0 atom stereocenters. The molecule has 0 radical (unpaired) electrons. The molecular weight excluding hydrogens is 164 g/mol. The SMILES string of the molecule is CCCCNC(=O)C1=CC=CNC1. The zero-order chi connectivity index (χ0) is 9.52. The number of carbonyl (C=O) groups is 1. The van der Waals surface area contributed by atoms with Crippen molar-refractivity contribution in [3.63, 3.8) is 0 Å². The molecule has 0 aromatic heterocycles. The van der Waals surface area contributed by atoms with E-state index in [1.807, 2.05) is 18.4 Å². The zero-order valence-corrected chi connectivity index (χ0v) is 7.97. The van der Waals surface area contributed by atoms with Crippen LogP contribution in [-0.4, -0.2) is 19.0 Å². The van der Waals surface area contributed by atoms with E-state index in [9.17, 15) is 4.79 Å². The molecule has 0 fully saturated rings. The summed E-state index contributed by atoms with van der Waals surface area (Å²) in [5.41, 5.74) is 0.804. The van der Waals surface area contributed by atoms with Gasteiger partial charge in [-0.15, -0.1) is 0 Å². The number of hydrogen-bond donors (Lipinski definition) is 2. The molecule has 1 aliphatic rings. The number of allylic oxidation sites excluding steroid dienone is 2. The Balaban J connectivity index is 2.30. The third kappa shape index (κ3) is 3.32. The summed E-state index contributed by atoms with van der Waals surface area (Å²) >= 11 is 0. The van der Waals surface area contributed by atoms with Gasteiger partial charge in [-0.3, -0.25) is 4.79 Å². The van der Waals surface area contributed by atoms with Crippen LogP contribution in [-0.2, 0) is 4.79 Å². The molecule has 0 spiro atoms. The van der Waals surface area contributed by atoms with E-state index < -0.39 is 0 Å². The summed E-state index contributed by atoms with van der Waals surface area (Å²) < 4.78 is 0. The van der Waals surface area contributed by atoms with Crippen molar-refractivity contribution in [1.82, 2.24) is 10.6 Å². The molecule has 1 heterocycles. The van der Waals surface area contributed by atoms with Crippen molar-refractivity contribution >= 4 is 5.91 Å². The highest BCUT2D eigenvalue weighted by Crippen LogP contribution is 1.98. The summed E-state index contributed by atoms with van der Waals surface area (Å²) in [6.45, 7) is 3.52. The maximum atomic E-state index is 11.4. The van der Waals surface area contributed by atoms with Crippen molar-refractivity contribution in [2.75, 3.05) is 13.1 Å². The van der Waals surface area contributed by atoms with Crippen molar-refractivity contribution in [2.45, 2.75) is 19.8 Å². The van der Waals surface area contributed by atoms with Gasteiger partial charge in [0.2, 0.25) is 5.91 Å². The topological polar surface area (TPSA) is 41.1 Å². The minimum absolute atomic E-state index is 0.0466. The van der Waals surface area contributed by atoms with Gasteiger partial charge in [0, 0.05) is 18.7 Å². The highest BCUT2D eigenvalue weighted by molar-refractivity contribution is 5.94. The molecule has 1 aliphatic heterocycles. The Labute approximate surface area is 78.9 Å². The highest BCUT2D eigenvalue weighted by Gasteiger charge is 2.07. The standard InChI is InChI=1S/C10H16N2O/c1-2-3-7-12-10(13)9-5-4-6-11-8-9/h4-6,11H,2-3,7-8H2,1H3,(H,12,13). The van der Waals surface area contributed by atoms with Crippen LogP contribution >= 0.6 is 0 Å². The third-order valence-corrected chi connectivity index (χ3v) is 1.91. The maximum Gasteiger partial charge on any atom is 0.249 e. The summed E-state index contributed by atoms with van der Waals surface area (Å²) in [5, 5.41) is 5.87. The molecule has 0 saturated heterocycles. The Morgan fingerprint density at radius 1 is 1.69 bits per heavy atom. The van der Waals surface area contributed by atoms with Gasteiger partial charge in [-0.05, 0) is 18.7 Å². The van der Waals surface area contributed by atoms with Crippen LogP contribution in [0.15, 0.2) is 23.9 Å². The summed E-state index contributed by atoms with van der Waals surface area (Å²) in [5.74, 6) is 0.0466. The minimum Gasteiger partial charge on any atom is -0.387 e. The Morgan fingerprint density at radius 2 is 2.54 bits per heavy atom. The van der Waals surface area contributed by atoms with E-state index in [1.165, 1.54) is 0 Å². The molecule has 1 amide bonds. The van der Waals surface area contributed by atoms with Crippen molar-refractivity contribution in [3.05, 3.63) is 23.9 Å². The van der Waals surface area contributed by atoms with E-state index in [4.69, 9.17) is 0 Å². The van der Waals surface area contributed by atoms with E-state index in [1.54, 1.807) is 0 Å². The molecule has 3 heteroatoms. The summed E-state index contributed by atoms with van der Waals surface area (Å²) in [4.78, 5) is 11.4. The van der Waals surface area contributed by atoms with Crippen molar-refractivity contribution in [2.24, 2.45) is 0 Å². The van der Waals surface area contributed by atoms with Crippen LogP contribution < -0.4 is 10.6 Å². The first-order valence-corrected chi connectivity index (χ1v) is 4.72. The van der Waals surface area contributed by atoms with Gasteiger partial charge >= 0.3 is 0 Å². The first kappa shape index (κ1) is 9.84. The van der Waals surface area contributed by atoms with Gasteiger partial charge in [-0.2, -0.15) is 0 Å². The molecule has 2 N–H and O–H groups in total. The second kappa shape index (κ2) is 5.41. The monoisotopic (exact) mass is 180 g/mol. The molecule has 0 aromatic carbocycles. The van der Waals surface area contributed by atoms with Gasteiger partial charge in [-0.25, -0.2) is 0 Å². The Kier molecular flexibility index (Phi) is 4.09. The number of rotatable bonds is 4. The first-order chi connectivity index (χ1) is 6.34. The number of unbranched alkanes of at least 4 members (excludes halogenated alkanes) is 1. The van der Waals surface area contributed by atoms with Crippen LogP contribution in [0.2, 0.25) is 0 Å². The lowest BCUT2D eigenvalue weighted by atomic mass is 10.2. The second-order valence-electron chi connectivity index (χ2n) is 3.04. The average Bonchev–Trinajstić information content (AvgIpc) is 2.19. The van der Waals surface area contributed by atoms with E-state index >= 15 is 0 Å². The van der Waals surface area contributed by atoms with Crippen molar-refractivity contribution in [1.29, 1.82) is 0 Å². The van der Waals surface area contributed by atoms with Crippen LogP contribution in [0.4, 0.5) is 0 Å². The number of nitrogens with one attached hydrogen (secondary N) is 2. The predicted molar refractivity (Wildman–Crippen MR) is 53.1 cm³/mol. The molecule has 0 aliphatic carbocycles. The molecule has 0 saturated carbocycles. The zero-order valence-electron chi connectivity index (χ0n) is 7.97. The van der Waals surface area contributed by atoms with E-state index in [0.717, 1.165) is 25.0 Å². The minimum atomic E-state index is 0.0466. The fourth-order valence-electron chi connectivity index (χ4n) is 1.11. The van der Waals surface area contributed by atoms with E-state index in [0.29, 0.717) is 6.54 Å². The summed E-state index contributed by atoms with van der Waals surface area (Å²) in [7, 11) is 0. The quantitative estimate of drug-likeness (QED) is 0.632. The number of dihydropyridines is 1. The molecular formula is C10H16N2O. The van der Waals surface area contributed by atoms with Crippen LogP contribution in [0.3, 0.4) is 0 Å². The molecule has 3 nitrogen and oxygen atoms in total. The number of carbonyl (C=O) groups excluding carboxylic acids is 1. The lowest BCUT2D eigenvalue weighted by molar-refractivity contribution is -0.117. The Hall–Kier alpha value is -1.25. The Morgan fingerprint density at radius 3 is 3.15 bits per heavy atom. The van der Waals surface area contributed by atoms with E-state index in [2.05, 4.69) is 17.6 Å². The number of hydrogen-bond acceptors (Lipinski definition) is 2. The van der Waals surface area contributed by atoms with Gasteiger partial charge in [-0.1, -0.05) is 19.4 Å². The molecule has 0 aromatic rings. The molecule has 0 unspecified atom stereocenters. The summed E-state index contributed by atoms with van der Waals surface area (Å²) in [6.07, 6.45) is 7.68. The first-order valence-electron chi connectivity index (χ1n) is 4.72.